The molecule has 0 atom stereocenters. The lowest BCUT2D eigenvalue weighted by Gasteiger charge is -2.02. The Morgan fingerprint density at radius 1 is 0.714 bits per heavy atom. The number of nitro groups is 2. The minimum atomic E-state index is -1.15. The monoisotopic (exact) mass is 388 g/mol. The lowest BCUT2D eigenvalue weighted by molar-refractivity contribution is -0.385. The smallest absolute Gasteiger partial charge is 0.442 e. The van der Waals surface area contributed by atoms with Gasteiger partial charge in [-0.15, -0.1) is 0 Å². The minimum absolute atomic E-state index is 0.106. The molecule has 0 N–H and O–H groups in total. The van der Waals surface area contributed by atoms with Crippen molar-refractivity contribution < 1.29 is 28.9 Å². The Morgan fingerprint density at radius 2 is 1.04 bits per heavy atom. The van der Waals surface area contributed by atoms with Crippen LogP contribution < -0.4 is 0 Å². The summed E-state index contributed by atoms with van der Waals surface area (Å²) in [4.78, 5) is 42.8. The zero-order chi connectivity index (χ0) is 20.5. The number of amides is 2. The summed E-state index contributed by atoms with van der Waals surface area (Å²) >= 11 is 0. The third kappa shape index (κ3) is 6.25. The predicted octanol–water partition coefficient (Wildman–Crippen LogP) is 3.93. The van der Waals surface area contributed by atoms with E-state index in [-0.39, 0.29) is 24.6 Å². The number of ether oxygens (including phenoxy) is 2. The van der Waals surface area contributed by atoms with Gasteiger partial charge in [-0.25, -0.2) is 9.59 Å². The number of azo groups is 1. The zero-order valence-corrected chi connectivity index (χ0v) is 14.1. The Kier molecular flexibility index (Phi) is 6.80. The van der Waals surface area contributed by atoms with Crippen LogP contribution in [0.25, 0.3) is 0 Å². The van der Waals surface area contributed by atoms with Gasteiger partial charge in [0.2, 0.25) is 0 Å². The summed E-state index contributed by atoms with van der Waals surface area (Å²) < 4.78 is 9.47. The largest absolute Gasteiger partial charge is 0.452 e. The number of rotatable bonds is 6. The third-order valence-corrected chi connectivity index (χ3v) is 3.23. The summed E-state index contributed by atoms with van der Waals surface area (Å²) in [5.74, 6) is 0. The van der Waals surface area contributed by atoms with E-state index < -0.39 is 22.0 Å². The lowest BCUT2D eigenvalue weighted by Crippen LogP contribution is -2.02. The molecule has 2 amide bonds. The van der Waals surface area contributed by atoms with Crippen molar-refractivity contribution in [2.45, 2.75) is 13.2 Å². The molecule has 2 rings (SSSR count). The molecule has 2 aromatic carbocycles. The van der Waals surface area contributed by atoms with Crippen LogP contribution in [0.3, 0.4) is 0 Å². The maximum atomic E-state index is 11.4. The van der Waals surface area contributed by atoms with E-state index in [1.54, 1.807) is 0 Å². The standard InChI is InChI=1S/C16H12N4O8/c21-15(27-9-11-1-5-13(6-2-11)19(23)24)17-18-16(22)28-10-12-3-7-14(8-4-12)20(25)26/h1-8H,9-10H2/b18-17+. The summed E-state index contributed by atoms with van der Waals surface area (Å²) in [6.07, 6.45) is -2.30. The summed E-state index contributed by atoms with van der Waals surface area (Å²) in [5.41, 5.74) is 0.751. The lowest BCUT2D eigenvalue weighted by atomic mass is 10.2. The Morgan fingerprint density at radius 3 is 1.32 bits per heavy atom. The number of benzene rings is 2. The van der Waals surface area contributed by atoms with Gasteiger partial charge in [-0.05, 0) is 35.4 Å². The summed E-state index contributed by atoms with van der Waals surface area (Å²) in [7, 11) is 0. The maximum Gasteiger partial charge on any atom is 0.452 e. The van der Waals surface area contributed by atoms with Crippen LogP contribution in [0.15, 0.2) is 58.8 Å². The number of hydrogen-bond donors (Lipinski definition) is 0. The topological polar surface area (TPSA) is 164 Å². The summed E-state index contributed by atoms with van der Waals surface area (Å²) in [6.45, 7) is -0.429. The van der Waals surface area contributed by atoms with Crippen molar-refractivity contribution in [3.63, 3.8) is 0 Å². The van der Waals surface area contributed by atoms with Crippen molar-refractivity contribution >= 4 is 23.6 Å². The van der Waals surface area contributed by atoms with Crippen LogP contribution in [0.1, 0.15) is 11.1 Å². The quantitative estimate of drug-likeness (QED) is 0.408. The van der Waals surface area contributed by atoms with E-state index in [0.29, 0.717) is 11.1 Å². The van der Waals surface area contributed by atoms with Crippen LogP contribution >= 0.6 is 0 Å². The molecule has 0 aliphatic rings. The van der Waals surface area contributed by atoms with E-state index in [4.69, 9.17) is 9.47 Å². The Balaban J connectivity index is 1.75. The molecule has 144 valence electrons. The van der Waals surface area contributed by atoms with Gasteiger partial charge in [-0.2, -0.15) is 0 Å². The number of hydrogen-bond acceptors (Lipinski definition) is 8. The normalized spacial score (nSPS) is 10.4. The maximum absolute atomic E-state index is 11.4. The van der Waals surface area contributed by atoms with Gasteiger partial charge in [0.25, 0.3) is 11.4 Å². The molecule has 0 saturated carbocycles. The second-order valence-corrected chi connectivity index (χ2v) is 5.16. The molecule has 12 heteroatoms. The predicted molar refractivity (Wildman–Crippen MR) is 91.4 cm³/mol. The molecule has 28 heavy (non-hydrogen) atoms. The van der Waals surface area contributed by atoms with E-state index in [0.717, 1.165) is 0 Å². The third-order valence-electron chi connectivity index (χ3n) is 3.23. The van der Waals surface area contributed by atoms with Crippen LogP contribution in [0.5, 0.6) is 0 Å². The molecule has 0 bridgehead atoms. The van der Waals surface area contributed by atoms with Crippen LogP contribution in [-0.4, -0.2) is 22.0 Å². The zero-order valence-electron chi connectivity index (χ0n) is 14.1. The van der Waals surface area contributed by atoms with Crippen molar-refractivity contribution in [1.29, 1.82) is 0 Å². The molecule has 0 spiro atoms. The Bertz CT molecular complexity index is 834. The fraction of sp³-hybridized carbons (Fsp3) is 0.125. The van der Waals surface area contributed by atoms with Crippen molar-refractivity contribution in [3.05, 3.63) is 79.9 Å². The van der Waals surface area contributed by atoms with E-state index in [1.807, 2.05) is 0 Å². The van der Waals surface area contributed by atoms with Crippen LogP contribution in [-0.2, 0) is 22.7 Å². The number of non-ortho nitro benzene ring substituents is 2. The van der Waals surface area contributed by atoms with Crippen LogP contribution in [0.2, 0.25) is 0 Å². The molecule has 0 fully saturated rings. The van der Waals surface area contributed by atoms with Gasteiger partial charge in [0.1, 0.15) is 13.2 Å². The summed E-state index contributed by atoms with van der Waals surface area (Å²) in [6, 6.07) is 10.6. The molecule has 0 aliphatic carbocycles. The first-order valence-electron chi connectivity index (χ1n) is 7.57. The van der Waals surface area contributed by atoms with Crippen LogP contribution in [0.4, 0.5) is 21.0 Å². The van der Waals surface area contributed by atoms with Crippen LogP contribution in [0, 0.1) is 20.2 Å². The van der Waals surface area contributed by atoms with Crippen molar-refractivity contribution in [1.82, 2.24) is 0 Å². The minimum Gasteiger partial charge on any atom is -0.442 e. The molecular formula is C16H12N4O8. The first kappa shape index (κ1) is 20.1. The van der Waals surface area contributed by atoms with Gasteiger partial charge in [0.05, 0.1) is 9.85 Å². The Labute approximate surface area is 156 Å². The highest BCUT2D eigenvalue weighted by Gasteiger charge is 2.08. The molecule has 0 aromatic heterocycles. The van der Waals surface area contributed by atoms with Gasteiger partial charge in [0.15, 0.2) is 0 Å². The van der Waals surface area contributed by atoms with Crippen molar-refractivity contribution in [2.24, 2.45) is 10.2 Å². The van der Waals surface area contributed by atoms with Gasteiger partial charge < -0.3 is 9.47 Å². The highest BCUT2D eigenvalue weighted by atomic mass is 16.6. The first-order chi connectivity index (χ1) is 13.3. The number of carbonyl (C=O) groups excluding carboxylic acids is 2. The van der Waals surface area contributed by atoms with Gasteiger partial charge in [-0.3, -0.25) is 20.2 Å². The molecule has 0 heterocycles. The van der Waals surface area contributed by atoms with Crippen molar-refractivity contribution in [3.8, 4) is 0 Å². The second-order valence-electron chi connectivity index (χ2n) is 5.16. The molecule has 0 radical (unpaired) electrons. The fourth-order valence-electron chi connectivity index (χ4n) is 1.86. The van der Waals surface area contributed by atoms with Gasteiger partial charge in [0, 0.05) is 24.3 Å². The highest BCUT2D eigenvalue weighted by molar-refractivity contribution is 5.73. The Hall–Kier alpha value is -4.22. The van der Waals surface area contributed by atoms with E-state index in [1.165, 1.54) is 48.5 Å². The molecule has 0 saturated heterocycles. The molecular weight excluding hydrogens is 376 g/mol. The molecule has 2 aromatic rings. The van der Waals surface area contributed by atoms with E-state index >= 15 is 0 Å². The van der Waals surface area contributed by atoms with Gasteiger partial charge >= 0.3 is 12.2 Å². The fourth-order valence-corrected chi connectivity index (χ4v) is 1.86. The average Bonchev–Trinajstić information content (AvgIpc) is 2.69. The first-order valence-corrected chi connectivity index (χ1v) is 7.57. The van der Waals surface area contributed by atoms with E-state index in [9.17, 15) is 29.8 Å². The average molecular weight is 388 g/mol. The highest BCUT2D eigenvalue weighted by Crippen LogP contribution is 2.14. The number of nitro benzene ring substituents is 2. The molecule has 0 aliphatic heterocycles. The molecule has 0 unspecified atom stereocenters. The van der Waals surface area contributed by atoms with Crippen molar-refractivity contribution in [2.75, 3.05) is 0 Å². The second kappa shape index (κ2) is 9.47. The summed E-state index contributed by atoms with van der Waals surface area (Å²) in [5, 5.41) is 27.1. The molecule has 12 nitrogen and oxygen atoms in total. The SMILES string of the molecule is O=C(/N=N/C(=O)OCc1ccc([N+](=O)[O-])cc1)OCc1ccc([N+](=O)[O-])cc1. The van der Waals surface area contributed by atoms with E-state index in [2.05, 4.69) is 10.2 Å². The number of carbonyl (C=O) groups is 2. The van der Waals surface area contributed by atoms with Gasteiger partial charge in [-0.1, -0.05) is 10.2 Å². The number of nitrogens with zero attached hydrogens (tertiary/aromatic N) is 4.